The molecule has 0 spiro atoms. The van der Waals surface area contributed by atoms with Gasteiger partial charge in [0, 0.05) is 19.1 Å². The van der Waals surface area contributed by atoms with Crippen molar-refractivity contribution in [2.45, 2.75) is 39.2 Å². The second kappa shape index (κ2) is 7.68. The van der Waals surface area contributed by atoms with E-state index in [2.05, 4.69) is 17.0 Å². The number of hydrogen-bond donors (Lipinski definition) is 1. The first kappa shape index (κ1) is 17.6. The van der Waals surface area contributed by atoms with Crippen molar-refractivity contribution in [1.29, 1.82) is 0 Å². The van der Waals surface area contributed by atoms with Gasteiger partial charge >= 0.3 is 0 Å². The van der Waals surface area contributed by atoms with Crippen molar-refractivity contribution < 1.29 is 14.3 Å². The van der Waals surface area contributed by atoms with Gasteiger partial charge in [0.2, 0.25) is 5.91 Å². The third kappa shape index (κ3) is 3.44. The zero-order valence-electron chi connectivity index (χ0n) is 14.6. The Bertz CT molecular complexity index is 559. The fourth-order valence-electron chi connectivity index (χ4n) is 3.60. The lowest BCUT2D eigenvalue weighted by Gasteiger charge is -2.43. The van der Waals surface area contributed by atoms with E-state index in [0.29, 0.717) is 6.04 Å². The highest BCUT2D eigenvalue weighted by atomic mass is 16.5. The minimum absolute atomic E-state index is 0.0112. The molecule has 5 nitrogen and oxygen atoms in total. The molecule has 5 heteroatoms. The Morgan fingerprint density at radius 1 is 1.17 bits per heavy atom. The molecule has 0 saturated carbocycles. The Hall–Kier alpha value is -1.75. The molecule has 2 N–H and O–H groups in total. The first-order chi connectivity index (χ1) is 11.1. The Kier molecular flexibility index (Phi) is 5.88. The second-order valence-corrected chi connectivity index (χ2v) is 5.84. The van der Waals surface area contributed by atoms with Crippen LogP contribution in [0.4, 0.5) is 0 Å². The summed E-state index contributed by atoms with van der Waals surface area (Å²) in [5, 5.41) is 0. The predicted octanol–water partition coefficient (Wildman–Crippen LogP) is 2.52. The third-order valence-electron chi connectivity index (χ3n) is 4.76. The van der Waals surface area contributed by atoms with Crippen molar-refractivity contribution in [1.82, 2.24) is 4.90 Å². The van der Waals surface area contributed by atoms with Crippen molar-refractivity contribution in [3.05, 3.63) is 23.3 Å². The highest BCUT2D eigenvalue weighted by Crippen LogP contribution is 2.42. The SMILES string of the molecule is CC.COc1cc2c(cc1OC)C1CCC(C(N)=O)CN1CC2. The number of nitrogens with two attached hydrogens (primary N) is 1. The summed E-state index contributed by atoms with van der Waals surface area (Å²) >= 11 is 0. The second-order valence-electron chi connectivity index (χ2n) is 5.84. The number of benzene rings is 1. The molecular formula is C18H28N2O3. The molecular weight excluding hydrogens is 292 g/mol. The van der Waals surface area contributed by atoms with E-state index in [-0.39, 0.29) is 11.8 Å². The summed E-state index contributed by atoms with van der Waals surface area (Å²) < 4.78 is 10.8. The summed E-state index contributed by atoms with van der Waals surface area (Å²) in [5.41, 5.74) is 8.10. The highest BCUT2D eigenvalue weighted by Gasteiger charge is 2.35. The van der Waals surface area contributed by atoms with Crippen molar-refractivity contribution >= 4 is 5.91 Å². The molecule has 3 rings (SSSR count). The molecule has 2 aliphatic rings. The van der Waals surface area contributed by atoms with Gasteiger partial charge in [-0.2, -0.15) is 0 Å². The van der Waals surface area contributed by atoms with Crippen LogP contribution in [0.25, 0.3) is 0 Å². The summed E-state index contributed by atoms with van der Waals surface area (Å²) in [7, 11) is 3.33. The number of piperidine rings is 1. The van der Waals surface area contributed by atoms with Crippen molar-refractivity contribution in [2.24, 2.45) is 11.7 Å². The summed E-state index contributed by atoms with van der Waals surface area (Å²) in [5.74, 6) is 1.38. The predicted molar refractivity (Wildman–Crippen MR) is 90.8 cm³/mol. The summed E-state index contributed by atoms with van der Waals surface area (Å²) in [6, 6.07) is 4.55. The van der Waals surface area contributed by atoms with Gasteiger partial charge in [-0.1, -0.05) is 13.8 Å². The molecule has 1 fully saturated rings. The van der Waals surface area contributed by atoms with E-state index in [1.807, 2.05) is 13.8 Å². The fraction of sp³-hybridized carbons (Fsp3) is 0.611. The molecule has 2 atom stereocenters. The van der Waals surface area contributed by atoms with Crippen LogP contribution in [-0.2, 0) is 11.2 Å². The summed E-state index contributed by atoms with van der Waals surface area (Å²) in [6.45, 7) is 5.74. The van der Waals surface area contributed by atoms with E-state index < -0.39 is 0 Å². The fourth-order valence-corrected chi connectivity index (χ4v) is 3.60. The van der Waals surface area contributed by atoms with E-state index in [4.69, 9.17) is 15.2 Å². The number of nitrogens with zero attached hydrogens (tertiary/aromatic N) is 1. The van der Waals surface area contributed by atoms with Gasteiger partial charge in [0.05, 0.1) is 20.1 Å². The van der Waals surface area contributed by atoms with E-state index >= 15 is 0 Å². The molecule has 0 radical (unpaired) electrons. The number of fused-ring (bicyclic) bond motifs is 3. The molecule has 23 heavy (non-hydrogen) atoms. The number of primary amides is 1. The molecule has 0 bridgehead atoms. The van der Waals surface area contributed by atoms with E-state index in [1.54, 1.807) is 14.2 Å². The monoisotopic (exact) mass is 320 g/mol. The molecule has 1 saturated heterocycles. The van der Waals surface area contributed by atoms with Crippen LogP contribution in [0.2, 0.25) is 0 Å². The number of carbonyl (C=O) groups excluding carboxylic acids is 1. The average molecular weight is 320 g/mol. The van der Waals surface area contributed by atoms with Crippen LogP contribution in [0.15, 0.2) is 12.1 Å². The maximum Gasteiger partial charge on any atom is 0.221 e. The van der Waals surface area contributed by atoms with Crippen LogP contribution >= 0.6 is 0 Å². The maximum absolute atomic E-state index is 11.4. The van der Waals surface area contributed by atoms with Crippen LogP contribution in [0.3, 0.4) is 0 Å². The Labute approximate surface area is 138 Å². The minimum atomic E-state index is -0.174. The number of ether oxygens (including phenoxy) is 2. The van der Waals surface area contributed by atoms with Gasteiger partial charge in [0.1, 0.15) is 0 Å². The third-order valence-corrected chi connectivity index (χ3v) is 4.76. The molecule has 1 amide bonds. The molecule has 2 heterocycles. The number of amides is 1. The van der Waals surface area contributed by atoms with Crippen LogP contribution in [-0.4, -0.2) is 38.1 Å². The van der Waals surface area contributed by atoms with Gasteiger partial charge in [0.25, 0.3) is 0 Å². The lowest BCUT2D eigenvalue weighted by atomic mass is 9.83. The lowest BCUT2D eigenvalue weighted by Crippen LogP contribution is -2.45. The summed E-state index contributed by atoms with van der Waals surface area (Å²) in [6.07, 6.45) is 2.80. The first-order valence-electron chi connectivity index (χ1n) is 8.42. The standard InChI is InChI=1S/C16H22N2O3.C2H6/c1-20-14-7-10-5-6-18-9-11(16(17)19)3-4-13(18)12(10)8-15(14)21-2;1-2/h7-8,11,13H,3-6,9H2,1-2H3,(H2,17,19);1-2H3. The lowest BCUT2D eigenvalue weighted by molar-refractivity contribution is -0.124. The van der Waals surface area contributed by atoms with Crippen LogP contribution in [0.5, 0.6) is 11.5 Å². The average Bonchev–Trinajstić information content (AvgIpc) is 2.61. The van der Waals surface area contributed by atoms with Crippen molar-refractivity contribution in [3.63, 3.8) is 0 Å². The van der Waals surface area contributed by atoms with Gasteiger partial charge in [-0.15, -0.1) is 0 Å². The largest absolute Gasteiger partial charge is 0.493 e. The van der Waals surface area contributed by atoms with E-state index in [9.17, 15) is 4.79 Å². The van der Waals surface area contributed by atoms with Gasteiger partial charge < -0.3 is 15.2 Å². The molecule has 1 aromatic rings. The molecule has 0 aliphatic carbocycles. The van der Waals surface area contributed by atoms with Gasteiger partial charge in [-0.25, -0.2) is 0 Å². The molecule has 2 aliphatic heterocycles. The zero-order valence-corrected chi connectivity index (χ0v) is 14.6. The molecule has 1 aromatic carbocycles. The van der Waals surface area contributed by atoms with Crippen molar-refractivity contribution in [3.8, 4) is 11.5 Å². The minimum Gasteiger partial charge on any atom is -0.493 e. The maximum atomic E-state index is 11.4. The van der Waals surface area contributed by atoms with Gasteiger partial charge in [-0.05, 0) is 42.5 Å². The number of rotatable bonds is 3. The number of methoxy groups -OCH3 is 2. The quantitative estimate of drug-likeness (QED) is 0.929. The molecule has 2 unspecified atom stereocenters. The number of hydrogen-bond acceptors (Lipinski definition) is 4. The van der Waals surface area contributed by atoms with E-state index in [1.165, 1.54) is 11.1 Å². The van der Waals surface area contributed by atoms with Crippen LogP contribution in [0, 0.1) is 5.92 Å². The zero-order chi connectivity index (χ0) is 17.0. The number of carbonyl (C=O) groups is 1. The topological polar surface area (TPSA) is 64.8 Å². The van der Waals surface area contributed by atoms with Crippen LogP contribution < -0.4 is 15.2 Å². The smallest absolute Gasteiger partial charge is 0.221 e. The molecule has 128 valence electrons. The van der Waals surface area contributed by atoms with Gasteiger partial charge in [-0.3, -0.25) is 9.69 Å². The summed E-state index contributed by atoms with van der Waals surface area (Å²) in [4.78, 5) is 13.8. The highest BCUT2D eigenvalue weighted by molar-refractivity contribution is 5.77. The Morgan fingerprint density at radius 2 is 1.83 bits per heavy atom. The first-order valence-corrected chi connectivity index (χ1v) is 8.42. The van der Waals surface area contributed by atoms with E-state index in [0.717, 1.165) is 43.9 Å². The Morgan fingerprint density at radius 3 is 2.43 bits per heavy atom. The van der Waals surface area contributed by atoms with Crippen LogP contribution in [0.1, 0.15) is 43.9 Å². The van der Waals surface area contributed by atoms with Crippen molar-refractivity contribution in [2.75, 3.05) is 27.3 Å². The normalized spacial score (nSPS) is 23.0. The Balaban J connectivity index is 0.000000924. The van der Waals surface area contributed by atoms with Gasteiger partial charge in [0.15, 0.2) is 11.5 Å². The molecule has 0 aromatic heterocycles.